The summed E-state index contributed by atoms with van der Waals surface area (Å²) >= 11 is 0. The average molecular weight is 366 g/mol. The van der Waals surface area contributed by atoms with Crippen molar-refractivity contribution in [2.45, 2.75) is 19.1 Å². The second kappa shape index (κ2) is 7.08. The second-order valence-corrected chi connectivity index (χ2v) is 4.72. The fraction of sp³-hybridized carbons (Fsp3) is 0.267. The Bertz CT molecular complexity index is 731. The first-order chi connectivity index (χ1) is 11.6. The van der Waals surface area contributed by atoms with Gasteiger partial charge in [0.15, 0.2) is 0 Å². The first-order valence-corrected chi connectivity index (χ1v) is 6.82. The number of nitrogens with one attached hydrogen (secondary N) is 1. The molecule has 0 bridgehead atoms. The molecule has 0 radical (unpaired) electrons. The summed E-state index contributed by atoms with van der Waals surface area (Å²) in [5.41, 5.74) is -1.01. The second-order valence-electron chi connectivity index (χ2n) is 4.72. The lowest BCUT2D eigenvalue weighted by atomic mass is 10.1. The van der Waals surface area contributed by atoms with E-state index in [1.165, 1.54) is 19.2 Å². The number of pyridine rings is 1. The van der Waals surface area contributed by atoms with E-state index in [1.54, 1.807) is 0 Å². The van der Waals surface area contributed by atoms with Gasteiger partial charge in [0.1, 0.15) is 17.9 Å². The van der Waals surface area contributed by atoms with Gasteiger partial charge in [0.25, 0.3) is 0 Å². The molecule has 2 rings (SSSR count). The SMILES string of the molecule is CNc1cccc(OC(F)(F)F)c1COc1ncccc1C(F)(F)F. The van der Waals surface area contributed by atoms with E-state index in [0.717, 1.165) is 24.4 Å². The predicted octanol–water partition coefficient (Wildman–Crippen LogP) is 4.62. The summed E-state index contributed by atoms with van der Waals surface area (Å²) < 4.78 is 85.2. The van der Waals surface area contributed by atoms with Crippen LogP contribution in [0.1, 0.15) is 11.1 Å². The molecule has 1 heterocycles. The quantitative estimate of drug-likeness (QED) is 0.785. The number of aromatic nitrogens is 1. The Morgan fingerprint density at radius 2 is 1.76 bits per heavy atom. The van der Waals surface area contributed by atoms with Crippen LogP contribution in [0.4, 0.5) is 32.0 Å². The Hall–Kier alpha value is -2.65. The average Bonchev–Trinajstić information content (AvgIpc) is 2.51. The molecule has 0 aliphatic rings. The number of benzene rings is 1. The Morgan fingerprint density at radius 3 is 2.36 bits per heavy atom. The van der Waals surface area contributed by atoms with Gasteiger partial charge in [-0.2, -0.15) is 13.2 Å². The van der Waals surface area contributed by atoms with Crippen LogP contribution in [-0.2, 0) is 12.8 Å². The van der Waals surface area contributed by atoms with E-state index >= 15 is 0 Å². The first-order valence-electron chi connectivity index (χ1n) is 6.82. The number of halogens is 6. The van der Waals surface area contributed by atoms with Crippen molar-refractivity contribution in [3.05, 3.63) is 47.7 Å². The van der Waals surface area contributed by atoms with Crippen LogP contribution in [0.3, 0.4) is 0 Å². The summed E-state index contributed by atoms with van der Waals surface area (Å²) in [7, 11) is 1.44. The molecule has 0 fully saturated rings. The van der Waals surface area contributed by atoms with Crippen LogP contribution in [0.15, 0.2) is 36.5 Å². The summed E-state index contributed by atoms with van der Waals surface area (Å²) in [6.45, 7) is -0.609. The molecule has 1 aromatic heterocycles. The largest absolute Gasteiger partial charge is 0.573 e. The van der Waals surface area contributed by atoms with Gasteiger partial charge < -0.3 is 14.8 Å². The standard InChI is InChI=1S/C15H12F6N2O2/c1-22-11-5-2-6-12(25-15(19,20)21)9(11)8-24-13-10(14(16,17)18)4-3-7-23-13/h2-7,22H,8H2,1H3. The minimum absolute atomic E-state index is 0.0962. The van der Waals surface area contributed by atoms with Gasteiger partial charge in [0.05, 0.1) is 5.56 Å². The van der Waals surface area contributed by atoms with Gasteiger partial charge in [0, 0.05) is 18.9 Å². The highest BCUT2D eigenvalue weighted by atomic mass is 19.4. The highest BCUT2D eigenvalue weighted by Crippen LogP contribution is 2.36. The molecule has 10 heteroatoms. The van der Waals surface area contributed by atoms with Crippen LogP contribution in [0.2, 0.25) is 0 Å². The van der Waals surface area contributed by atoms with Crippen molar-refractivity contribution in [1.29, 1.82) is 0 Å². The zero-order valence-electron chi connectivity index (χ0n) is 12.7. The summed E-state index contributed by atoms with van der Waals surface area (Å²) in [6.07, 6.45) is -8.58. The number of hydrogen-bond acceptors (Lipinski definition) is 4. The maximum atomic E-state index is 12.9. The van der Waals surface area contributed by atoms with Crippen molar-refractivity contribution in [2.24, 2.45) is 0 Å². The molecule has 4 nitrogen and oxygen atoms in total. The number of ether oxygens (including phenoxy) is 2. The third-order valence-corrected chi connectivity index (χ3v) is 3.06. The van der Waals surface area contributed by atoms with Crippen molar-refractivity contribution in [2.75, 3.05) is 12.4 Å². The number of rotatable bonds is 5. The van der Waals surface area contributed by atoms with Gasteiger partial charge in [-0.3, -0.25) is 0 Å². The highest BCUT2D eigenvalue weighted by Gasteiger charge is 2.35. The highest BCUT2D eigenvalue weighted by molar-refractivity contribution is 5.57. The van der Waals surface area contributed by atoms with Gasteiger partial charge >= 0.3 is 12.5 Å². The normalized spacial score (nSPS) is 12.0. The molecule has 0 aliphatic carbocycles. The molecule has 0 unspecified atom stereocenters. The van der Waals surface area contributed by atoms with Crippen molar-refractivity contribution >= 4 is 5.69 Å². The predicted molar refractivity (Wildman–Crippen MR) is 76.2 cm³/mol. The number of hydrogen-bond donors (Lipinski definition) is 1. The first kappa shape index (κ1) is 18.7. The van der Waals surface area contributed by atoms with Gasteiger partial charge in [-0.1, -0.05) is 6.07 Å². The van der Waals surface area contributed by atoms with E-state index in [9.17, 15) is 26.3 Å². The monoisotopic (exact) mass is 366 g/mol. The summed E-state index contributed by atoms with van der Waals surface area (Å²) in [5, 5.41) is 2.63. The summed E-state index contributed by atoms with van der Waals surface area (Å²) in [4.78, 5) is 3.49. The maximum absolute atomic E-state index is 12.9. The molecule has 25 heavy (non-hydrogen) atoms. The lowest BCUT2D eigenvalue weighted by molar-refractivity contribution is -0.275. The molecule has 0 saturated carbocycles. The molecule has 0 aliphatic heterocycles. The summed E-state index contributed by atoms with van der Waals surface area (Å²) in [6, 6.07) is 5.62. The smallest absolute Gasteiger partial charge is 0.472 e. The van der Waals surface area contributed by atoms with Crippen LogP contribution in [0.25, 0.3) is 0 Å². The van der Waals surface area contributed by atoms with E-state index in [2.05, 4.69) is 15.0 Å². The van der Waals surface area contributed by atoms with Crippen molar-refractivity contribution < 1.29 is 35.8 Å². The fourth-order valence-electron chi connectivity index (χ4n) is 2.03. The fourth-order valence-corrected chi connectivity index (χ4v) is 2.03. The van der Waals surface area contributed by atoms with Crippen LogP contribution in [0, 0.1) is 0 Å². The third-order valence-electron chi connectivity index (χ3n) is 3.06. The van der Waals surface area contributed by atoms with Crippen molar-refractivity contribution in [1.82, 2.24) is 4.98 Å². The third kappa shape index (κ3) is 4.91. The molecule has 0 amide bonds. The Balaban J connectivity index is 2.32. The molecule has 0 saturated heterocycles. The molecule has 0 atom stereocenters. The number of anilines is 1. The molecule has 0 spiro atoms. The Labute approximate surface area is 138 Å². The summed E-state index contributed by atoms with van der Waals surface area (Å²) in [5.74, 6) is -1.32. The molecule has 1 aromatic carbocycles. The van der Waals surface area contributed by atoms with Crippen LogP contribution in [-0.4, -0.2) is 18.4 Å². The molecular weight excluding hydrogens is 354 g/mol. The molecule has 1 N–H and O–H groups in total. The van der Waals surface area contributed by atoms with Gasteiger partial charge in [-0.05, 0) is 24.3 Å². The minimum atomic E-state index is -4.96. The zero-order valence-corrected chi connectivity index (χ0v) is 12.7. The van der Waals surface area contributed by atoms with Crippen LogP contribution >= 0.6 is 0 Å². The lowest BCUT2D eigenvalue weighted by Crippen LogP contribution is -2.19. The number of alkyl halides is 6. The van der Waals surface area contributed by atoms with Gasteiger partial charge in [-0.15, -0.1) is 13.2 Å². The molecule has 2 aromatic rings. The minimum Gasteiger partial charge on any atom is -0.472 e. The van der Waals surface area contributed by atoms with Crippen molar-refractivity contribution in [3.63, 3.8) is 0 Å². The lowest BCUT2D eigenvalue weighted by Gasteiger charge is -2.18. The van der Waals surface area contributed by atoms with Crippen LogP contribution < -0.4 is 14.8 Å². The Morgan fingerprint density at radius 1 is 1.04 bits per heavy atom. The van der Waals surface area contributed by atoms with Crippen LogP contribution in [0.5, 0.6) is 11.6 Å². The van der Waals surface area contributed by atoms with Gasteiger partial charge in [0.2, 0.25) is 5.88 Å². The van der Waals surface area contributed by atoms with E-state index in [1.807, 2.05) is 0 Å². The maximum Gasteiger partial charge on any atom is 0.573 e. The molecular formula is C15H12F6N2O2. The van der Waals surface area contributed by atoms with E-state index < -0.39 is 36.3 Å². The topological polar surface area (TPSA) is 43.4 Å². The van der Waals surface area contributed by atoms with E-state index in [4.69, 9.17) is 4.74 Å². The zero-order chi connectivity index (χ0) is 18.7. The van der Waals surface area contributed by atoms with E-state index in [-0.39, 0.29) is 11.3 Å². The van der Waals surface area contributed by atoms with Gasteiger partial charge in [-0.25, -0.2) is 4.98 Å². The van der Waals surface area contributed by atoms with E-state index in [0.29, 0.717) is 0 Å². The molecule has 136 valence electrons. The Kier molecular flexibility index (Phi) is 5.29. The van der Waals surface area contributed by atoms with Crippen molar-refractivity contribution in [3.8, 4) is 11.6 Å². The number of nitrogens with zero attached hydrogens (tertiary/aromatic N) is 1.